The van der Waals surface area contributed by atoms with Gasteiger partial charge in [-0.3, -0.25) is 4.79 Å². The van der Waals surface area contributed by atoms with E-state index < -0.39 is 5.97 Å². The van der Waals surface area contributed by atoms with Crippen molar-refractivity contribution in [3.8, 4) is 5.75 Å². The molecule has 0 heterocycles. The summed E-state index contributed by atoms with van der Waals surface area (Å²) in [6.45, 7) is -0.255. The van der Waals surface area contributed by atoms with E-state index in [1.165, 1.54) is 12.5 Å². The zero-order valence-corrected chi connectivity index (χ0v) is 15.3. The van der Waals surface area contributed by atoms with E-state index in [9.17, 15) is 9.59 Å². The summed E-state index contributed by atoms with van der Waals surface area (Å²) in [7, 11) is 1.56. The highest BCUT2D eigenvalue weighted by molar-refractivity contribution is 9.10. The van der Waals surface area contributed by atoms with Crippen LogP contribution in [0.15, 0.2) is 28.7 Å². The molecule has 0 spiro atoms. The molecule has 1 aromatic rings. The molecular weight excluding hydrogens is 374 g/mol. The van der Waals surface area contributed by atoms with Gasteiger partial charge in [0.1, 0.15) is 5.75 Å². The molecule has 0 bridgehead atoms. The number of hydrogen-bond acceptors (Lipinski definition) is 4. The van der Waals surface area contributed by atoms with E-state index in [4.69, 9.17) is 9.47 Å². The molecule has 5 nitrogen and oxygen atoms in total. The quantitative estimate of drug-likeness (QED) is 0.591. The van der Waals surface area contributed by atoms with E-state index in [0.29, 0.717) is 5.75 Å². The molecule has 24 heavy (non-hydrogen) atoms. The molecule has 0 radical (unpaired) electrons. The Morgan fingerprint density at radius 2 is 2.04 bits per heavy atom. The maximum absolute atomic E-state index is 11.8. The number of hydrogen-bond donors (Lipinski definition) is 1. The fourth-order valence-corrected chi connectivity index (χ4v) is 3.07. The van der Waals surface area contributed by atoms with Crippen molar-refractivity contribution in [2.45, 2.75) is 38.1 Å². The van der Waals surface area contributed by atoms with Crippen molar-refractivity contribution in [2.75, 3.05) is 13.7 Å². The summed E-state index contributed by atoms with van der Waals surface area (Å²) in [4.78, 5) is 23.6. The molecule has 6 heteroatoms. The first-order valence-corrected chi connectivity index (χ1v) is 8.85. The fourth-order valence-electron chi connectivity index (χ4n) is 2.69. The second-order valence-corrected chi connectivity index (χ2v) is 6.65. The van der Waals surface area contributed by atoms with Gasteiger partial charge in [0.25, 0.3) is 5.91 Å². The average molecular weight is 396 g/mol. The minimum atomic E-state index is -0.559. The molecule has 1 amide bonds. The third-order valence-corrected chi connectivity index (χ3v) is 4.40. The lowest BCUT2D eigenvalue weighted by Crippen LogP contribution is -2.38. The van der Waals surface area contributed by atoms with E-state index in [0.717, 1.165) is 35.7 Å². The Labute approximate surface area is 150 Å². The van der Waals surface area contributed by atoms with Gasteiger partial charge in [0, 0.05) is 22.2 Å². The highest BCUT2D eigenvalue weighted by atomic mass is 79.9. The third kappa shape index (κ3) is 6.00. The molecule has 2 rings (SSSR count). The summed E-state index contributed by atoms with van der Waals surface area (Å²) in [5, 5.41) is 2.91. The third-order valence-electron chi connectivity index (χ3n) is 3.91. The van der Waals surface area contributed by atoms with E-state index in [-0.39, 0.29) is 18.6 Å². The number of esters is 1. The van der Waals surface area contributed by atoms with Crippen molar-refractivity contribution in [1.29, 1.82) is 0 Å². The number of carbonyl (C=O) groups excluding carboxylic acids is 2. The number of rotatable bonds is 6. The van der Waals surface area contributed by atoms with E-state index in [1.807, 2.05) is 12.1 Å². The molecule has 0 atom stereocenters. The van der Waals surface area contributed by atoms with Crippen molar-refractivity contribution < 1.29 is 19.1 Å². The second-order valence-electron chi connectivity index (χ2n) is 5.73. The summed E-state index contributed by atoms with van der Waals surface area (Å²) in [6.07, 6.45) is 8.41. The first kappa shape index (κ1) is 18.5. The number of nitrogens with one attached hydrogen (secondary N) is 1. The predicted molar refractivity (Wildman–Crippen MR) is 95.7 cm³/mol. The van der Waals surface area contributed by atoms with Crippen molar-refractivity contribution in [1.82, 2.24) is 5.32 Å². The largest absolute Gasteiger partial charge is 0.496 e. The Hall–Kier alpha value is -1.82. The zero-order valence-electron chi connectivity index (χ0n) is 13.7. The molecule has 0 saturated heterocycles. The lowest BCUT2D eigenvalue weighted by Gasteiger charge is -2.22. The Bertz CT molecular complexity index is 609. The van der Waals surface area contributed by atoms with E-state index in [1.54, 1.807) is 19.3 Å². The summed E-state index contributed by atoms with van der Waals surface area (Å²) in [6, 6.07) is 5.70. The highest BCUT2D eigenvalue weighted by Crippen LogP contribution is 2.24. The molecule has 0 aliphatic heterocycles. The summed E-state index contributed by atoms with van der Waals surface area (Å²) in [5.41, 5.74) is 0.746. The first-order valence-electron chi connectivity index (χ1n) is 8.06. The summed E-state index contributed by atoms with van der Waals surface area (Å²) < 4.78 is 11.1. The van der Waals surface area contributed by atoms with Gasteiger partial charge in [0.15, 0.2) is 6.61 Å². The van der Waals surface area contributed by atoms with Crippen LogP contribution in [0, 0.1) is 0 Å². The van der Waals surface area contributed by atoms with Gasteiger partial charge in [-0.1, -0.05) is 35.2 Å². The van der Waals surface area contributed by atoms with Gasteiger partial charge in [-0.25, -0.2) is 4.79 Å². The molecule has 1 N–H and O–H groups in total. The Kier molecular flexibility index (Phi) is 7.31. The van der Waals surface area contributed by atoms with Crippen LogP contribution in [-0.4, -0.2) is 31.6 Å². The highest BCUT2D eigenvalue weighted by Gasteiger charge is 2.16. The first-order chi connectivity index (χ1) is 11.6. The lowest BCUT2D eigenvalue weighted by molar-refractivity contribution is -0.144. The second kappa shape index (κ2) is 9.47. The van der Waals surface area contributed by atoms with Crippen molar-refractivity contribution in [3.63, 3.8) is 0 Å². The molecule has 1 aliphatic carbocycles. The monoisotopic (exact) mass is 395 g/mol. The van der Waals surface area contributed by atoms with Gasteiger partial charge in [0.05, 0.1) is 7.11 Å². The SMILES string of the molecule is COc1ccc(Br)cc1/C=C/C(=O)OCC(=O)NC1CCCCC1. The Balaban J connectivity index is 1.80. The van der Waals surface area contributed by atoms with Crippen LogP contribution in [-0.2, 0) is 14.3 Å². The number of amides is 1. The van der Waals surface area contributed by atoms with Gasteiger partial charge in [-0.15, -0.1) is 0 Å². The van der Waals surface area contributed by atoms with Crippen LogP contribution in [0.25, 0.3) is 6.08 Å². The van der Waals surface area contributed by atoms with Crippen LogP contribution < -0.4 is 10.1 Å². The number of halogens is 1. The Morgan fingerprint density at radius 1 is 1.29 bits per heavy atom. The number of ether oxygens (including phenoxy) is 2. The lowest BCUT2D eigenvalue weighted by atomic mass is 9.95. The molecule has 1 aliphatic rings. The molecule has 0 aromatic heterocycles. The van der Waals surface area contributed by atoms with Crippen LogP contribution in [0.4, 0.5) is 0 Å². The Morgan fingerprint density at radius 3 is 2.75 bits per heavy atom. The smallest absolute Gasteiger partial charge is 0.331 e. The van der Waals surface area contributed by atoms with Gasteiger partial charge < -0.3 is 14.8 Å². The average Bonchev–Trinajstić information content (AvgIpc) is 2.59. The van der Waals surface area contributed by atoms with Crippen LogP contribution >= 0.6 is 15.9 Å². The molecule has 1 aromatic carbocycles. The molecule has 0 unspecified atom stereocenters. The summed E-state index contributed by atoms with van der Waals surface area (Å²) in [5.74, 6) is -0.156. The number of carbonyl (C=O) groups is 2. The van der Waals surface area contributed by atoms with E-state index >= 15 is 0 Å². The minimum absolute atomic E-state index is 0.214. The molecule has 1 saturated carbocycles. The standard InChI is InChI=1S/C18H22BrNO4/c1-23-16-9-8-14(19)11-13(16)7-10-18(22)24-12-17(21)20-15-5-3-2-4-6-15/h7-11,15H,2-6,12H2,1H3,(H,20,21)/b10-7+. The number of benzene rings is 1. The van der Waals surface area contributed by atoms with E-state index in [2.05, 4.69) is 21.2 Å². The topological polar surface area (TPSA) is 64.6 Å². The van der Waals surface area contributed by atoms with Gasteiger partial charge in [-0.2, -0.15) is 0 Å². The molecular formula is C18H22BrNO4. The van der Waals surface area contributed by atoms with Gasteiger partial charge >= 0.3 is 5.97 Å². The minimum Gasteiger partial charge on any atom is -0.496 e. The number of methoxy groups -OCH3 is 1. The van der Waals surface area contributed by atoms with Crippen LogP contribution in [0.5, 0.6) is 5.75 Å². The summed E-state index contributed by atoms with van der Waals surface area (Å²) >= 11 is 3.37. The van der Waals surface area contributed by atoms with Crippen LogP contribution in [0.1, 0.15) is 37.7 Å². The maximum atomic E-state index is 11.8. The van der Waals surface area contributed by atoms with Crippen molar-refractivity contribution in [2.24, 2.45) is 0 Å². The van der Waals surface area contributed by atoms with Crippen molar-refractivity contribution in [3.05, 3.63) is 34.3 Å². The predicted octanol–water partition coefficient (Wildman–Crippen LogP) is 3.46. The normalized spacial score (nSPS) is 15.2. The van der Waals surface area contributed by atoms with Gasteiger partial charge in [-0.05, 0) is 37.1 Å². The van der Waals surface area contributed by atoms with Crippen LogP contribution in [0.2, 0.25) is 0 Å². The maximum Gasteiger partial charge on any atom is 0.331 e. The molecule has 130 valence electrons. The molecule has 1 fully saturated rings. The van der Waals surface area contributed by atoms with Gasteiger partial charge in [0.2, 0.25) is 0 Å². The van der Waals surface area contributed by atoms with Crippen LogP contribution in [0.3, 0.4) is 0 Å². The van der Waals surface area contributed by atoms with Crippen molar-refractivity contribution >= 4 is 33.9 Å². The zero-order chi connectivity index (χ0) is 17.4. The fraction of sp³-hybridized carbons (Fsp3) is 0.444.